The fraction of sp³-hybridized carbons (Fsp3) is 0.579. The van der Waals surface area contributed by atoms with Crippen molar-refractivity contribution in [1.29, 1.82) is 0 Å². The Morgan fingerprint density at radius 1 is 0.786 bits per heavy atom. The maximum Gasteiger partial charge on any atom is 0.481 e. The SMILES string of the molecule is CC(C)=CCC/C(C)=C\CC/C(C)=C/CC/C=C/COP(=O)(O)OP(=O)(O)O. The van der Waals surface area contributed by atoms with E-state index in [-0.39, 0.29) is 6.61 Å². The van der Waals surface area contributed by atoms with Crippen molar-refractivity contribution in [3.63, 3.8) is 0 Å². The first-order valence-corrected chi connectivity index (χ1v) is 12.3. The van der Waals surface area contributed by atoms with E-state index in [2.05, 4.69) is 54.8 Å². The van der Waals surface area contributed by atoms with Crippen molar-refractivity contribution < 1.29 is 32.6 Å². The van der Waals surface area contributed by atoms with Crippen LogP contribution >= 0.6 is 15.6 Å². The third-order valence-corrected chi connectivity index (χ3v) is 5.81. The van der Waals surface area contributed by atoms with Crippen LogP contribution in [0.4, 0.5) is 0 Å². The van der Waals surface area contributed by atoms with Crippen LogP contribution in [-0.2, 0) is 18.0 Å². The average Bonchev–Trinajstić information content (AvgIpc) is 2.51. The molecule has 9 heteroatoms. The van der Waals surface area contributed by atoms with Gasteiger partial charge >= 0.3 is 15.6 Å². The Balaban J connectivity index is 4.00. The zero-order chi connectivity index (χ0) is 21.6. The van der Waals surface area contributed by atoms with E-state index in [1.54, 1.807) is 6.08 Å². The van der Waals surface area contributed by atoms with Crippen LogP contribution in [0, 0.1) is 0 Å². The van der Waals surface area contributed by atoms with Crippen molar-refractivity contribution in [2.45, 2.75) is 66.2 Å². The number of rotatable bonds is 14. The second-order valence-corrected chi connectivity index (χ2v) is 9.67. The van der Waals surface area contributed by atoms with Crippen molar-refractivity contribution in [2.75, 3.05) is 6.61 Å². The average molecular weight is 436 g/mol. The molecule has 0 aliphatic carbocycles. The molecule has 0 aromatic carbocycles. The number of allylic oxidation sites excluding steroid dienone is 7. The summed E-state index contributed by atoms with van der Waals surface area (Å²) in [4.78, 5) is 26.0. The van der Waals surface area contributed by atoms with Crippen LogP contribution in [0.2, 0.25) is 0 Å². The van der Waals surface area contributed by atoms with Gasteiger partial charge in [-0.1, -0.05) is 47.1 Å². The zero-order valence-corrected chi connectivity index (χ0v) is 19.0. The van der Waals surface area contributed by atoms with E-state index in [4.69, 9.17) is 14.7 Å². The quantitative estimate of drug-likeness (QED) is 0.175. The van der Waals surface area contributed by atoms with Gasteiger partial charge in [0.05, 0.1) is 6.61 Å². The summed E-state index contributed by atoms with van der Waals surface area (Å²) in [6.07, 6.45) is 15.8. The summed E-state index contributed by atoms with van der Waals surface area (Å²) in [6, 6.07) is 0. The Morgan fingerprint density at radius 3 is 1.86 bits per heavy atom. The lowest BCUT2D eigenvalue weighted by molar-refractivity contribution is 0.191. The molecular weight excluding hydrogens is 402 g/mol. The highest BCUT2D eigenvalue weighted by atomic mass is 31.3. The summed E-state index contributed by atoms with van der Waals surface area (Å²) in [7, 11) is -9.82. The summed E-state index contributed by atoms with van der Waals surface area (Å²) < 4.78 is 29.8. The minimum absolute atomic E-state index is 0.271. The molecule has 0 fully saturated rings. The molecule has 0 spiro atoms. The van der Waals surface area contributed by atoms with Gasteiger partial charge in [-0.05, 0) is 66.2 Å². The first-order chi connectivity index (χ1) is 12.9. The van der Waals surface area contributed by atoms with Crippen LogP contribution in [-0.4, -0.2) is 21.3 Å². The topological polar surface area (TPSA) is 113 Å². The van der Waals surface area contributed by atoms with Gasteiger partial charge < -0.3 is 14.7 Å². The lowest BCUT2D eigenvalue weighted by Crippen LogP contribution is -1.93. The molecule has 0 saturated heterocycles. The molecule has 1 atom stereocenters. The molecule has 0 heterocycles. The predicted molar refractivity (Wildman–Crippen MR) is 113 cm³/mol. The van der Waals surface area contributed by atoms with Gasteiger partial charge in [0.25, 0.3) is 0 Å². The first kappa shape index (κ1) is 27.2. The van der Waals surface area contributed by atoms with Gasteiger partial charge in [-0.25, -0.2) is 9.13 Å². The lowest BCUT2D eigenvalue weighted by atomic mass is 10.1. The van der Waals surface area contributed by atoms with Crippen molar-refractivity contribution in [1.82, 2.24) is 0 Å². The lowest BCUT2D eigenvalue weighted by Gasteiger charge is -2.10. The van der Waals surface area contributed by atoms with Gasteiger partial charge in [0.15, 0.2) is 0 Å². The van der Waals surface area contributed by atoms with E-state index in [0.29, 0.717) is 0 Å². The molecule has 3 N–H and O–H groups in total. The molecule has 0 aromatic heterocycles. The summed E-state index contributed by atoms with van der Waals surface area (Å²) in [5.41, 5.74) is 4.08. The second-order valence-electron chi connectivity index (χ2n) is 6.85. The van der Waals surface area contributed by atoms with Crippen LogP contribution in [0.15, 0.2) is 47.1 Å². The van der Waals surface area contributed by atoms with Crippen LogP contribution in [0.1, 0.15) is 66.2 Å². The third kappa shape index (κ3) is 18.6. The van der Waals surface area contributed by atoms with Crippen molar-refractivity contribution in [2.24, 2.45) is 0 Å². The first-order valence-electron chi connectivity index (χ1n) is 9.25. The van der Waals surface area contributed by atoms with E-state index < -0.39 is 15.6 Å². The summed E-state index contributed by atoms with van der Waals surface area (Å²) in [5, 5.41) is 0. The van der Waals surface area contributed by atoms with E-state index in [1.165, 1.54) is 22.8 Å². The Bertz CT molecular complexity index is 668. The molecule has 0 aliphatic rings. The molecule has 0 rings (SSSR count). The smallest absolute Gasteiger partial charge is 0.302 e. The largest absolute Gasteiger partial charge is 0.481 e. The van der Waals surface area contributed by atoms with Gasteiger partial charge in [0.2, 0.25) is 0 Å². The molecule has 0 saturated carbocycles. The summed E-state index contributed by atoms with van der Waals surface area (Å²) in [5.74, 6) is 0. The Kier molecular flexibility index (Phi) is 13.8. The predicted octanol–water partition coefficient (Wildman–Crippen LogP) is 5.97. The molecule has 0 aliphatic heterocycles. The maximum absolute atomic E-state index is 11.2. The number of hydrogen-bond donors (Lipinski definition) is 3. The van der Waals surface area contributed by atoms with Gasteiger partial charge in [-0.2, -0.15) is 4.31 Å². The van der Waals surface area contributed by atoms with Gasteiger partial charge in [-0.3, -0.25) is 4.52 Å². The highest BCUT2D eigenvalue weighted by Gasteiger charge is 2.31. The Labute approximate surface area is 168 Å². The maximum atomic E-state index is 11.2. The number of phosphoric acid groups is 2. The Morgan fingerprint density at radius 2 is 1.32 bits per heavy atom. The van der Waals surface area contributed by atoms with Gasteiger partial charge in [0.1, 0.15) is 0 Å². The molecule has 1 unspecified atom stereocenters. The number of unbranched alkanes of at least 4 members (excludes halogenated alkanes) is 1. The monoisotopic (exact) mass is 436 g/mol. The summed E-state index contributed by atoms with van der Waals surface area (Å²) in [6.45, 7) is 8.22. The van der Waals surface area contributed by atoms with Crippen molar-refractivity contribution >= 4 is 15.6 Å². The minimum Gasteiger partial charge on any atom is -0.302 e. The summed E-state index contributed by atoms with van der Waals surface area (Å²) >= 11 is 0. The third-order valence-electron chi connectivity index (χ3n) is 3.66. The van der Waals surface area contributed by atoms with E-state index >= 15 is 0 Å². The highest BCUT2D eigenvalue weighted by Crippen LogP contribution is 2.57. The molecule has 0 aromatic rings. The molecule has 7 nitrogen and oxygen atoms in total. The van der Waals surface area contributed by atoms with Crippen LogP contribution in [0.5, 0.6) is 0 Å². The molecule has 0 radical (unpaired) electrons. The second kappa shape index (κ2) is 14.2. The Hall–Kier alpha value is -0.780. The van der Waals surface area contributed by atoms with Gasteiger partial charge in [-0.15, -0.1) is 0 Å². The molecule has 0 bridgehead atoms. The zero-order valence-electron chi connectivity index (χ0n) is 17.2. The molecule has 28 heavy (non-hydrogen) atoms. The van der Waals surface area contributed by atoms with E-state index in [9.17, 15) is 9.13 Å². The van der Waals surface area contributed by atoms with E-state index in [0.717, 1.165) is 38.5 Å². The highest BCUT2D eigenvalue weighted by molar-refractivity contribution is 7.60. The molecule has 162 valence electrons. The minimum atomic E-state index is -5.07. The van der Waals surface area contributed by atoms with E-state index in [1.807, 2.05) is 0 Å². The van der Waals surface area contributed by atoms with Crippen LogP contribution in [0.25, 0.3) is 0 Å². The fourth-order valence-electron chi connectivity index (χ4n) is 2.25. The van der Waals surface area contributed by atoms with Gasteiger partial charge in [0, 0.05) is 0 Å². The standard InChI is InChI=1S/C19H34O7P2/c1-17(2)11-9-13-19(4)15-10-14-18(3)12-7-5-6-8-16-25-28(23,24)26-27(20,21)22/h6,8,11-12,15H,5,7,9-10,13-14,16H2,1-4H3,(H,23,24)(H2,20,21,22)/b8-6+,18-12+,19-15-. The molecular formula is C19H34O7P2. The van der Waals surface area contributed by atoms with Crippen LogP contribution in [0.3, 0.4) is 0 Å². The van der Waals surface area contributed by atoms with Crippen molar-refractivity contribution in [3.8, 4) is 0 Å². The number of hydrogen-bond acceptors (Lipinski definition) is 4. The number of phosphoric ester groups is 1. The van der Waals surface area contributed by atoms with Crippen LogP contribution < -0.4 is 0 Å². The van der Waals surface area contributed by atoms with Crippen molar-refractivity contribution in [3.05, 3.63) is 47.1 Å². The molecule has 0 amide bonds. The normalized spacial score (nSPS) is 15.7. The fourth-order valence-corrected chi connectivity index (χ4v) is 3.78.